The number of nitrogens with two attached hydrogens (primary N) is 1. The highest BCUT2D eigenvalue weighted by Crippen LogP contribution is 2.35. The Morgan fingerprint density at radius 3 is 2.55 bits per heavy atom. The number of hydrogen-bond donors (Lipinski definition) is 1. The second-order valence-electron chi connectivity index (χ2n) is 6.56. The molecule has 1 aliphatic rings. The summed E-state index contributed by atoms with van der Waals surface area (Å²) in [5.41, 5.74) is 8.80. The van der Waals surface area contributed by atoms with E-state index < -0.39 is 0 Å². The molecule has 0 aromatic heterocycles. The molecule has 0 bridgehead atoms. The van der Waals surface area contributed by atoms with Crippen molar-refractivity contribution in [1.82, 2.24) is 0 Å². The van der Waals surface area contributed by atoms with E-state index in [9.17, 15) is 0 Å². The molecule has 112 valence electrons. The van der Waals surface area contributed by atoms with Crippen LogP contribution in [0.2, 0.25) is 0 Å². The Balaban J connectivity index is 2.22. The lowest BCUT2D eigenvalue weighted by Crippen LogP contribution is -2.29. The molecule has 0 radical (unpaired) electrons. The monoisotopic (exact) mass is 338 g/mol. The van der Waals surface area contributed by atoms with Gasteiger partial charge in [0.2, 0.25) is 0 Å². The number of halogens is 1. The van der Waals surface area contributed by atoms with E-state index in [0.717, 1.165) is 29.4 Å². The van der Waals surface area contributed by atoms with Crippen LogP contribution in [-0.4, -0.2) is 18.6 Å². The Hall–Kier alpha value is -0.540. The Kier molecular flexibility index (Phi) is 5.50. The molecule has 0 heterocycles. The molecule has 1 aromatic rings. The van der Waals surface area contributed by atoms with Gasteiger partial charge in [-0.3, -0.25) is 0 Å². The van der Waals surface area contributed by atoms with Crippen LogP contribution in [0.15, 0.2) is 22.7 Å². The number of anilines is 1. The van der Waals surface area contributed by atoms with E-state index >= 15 is 0 Å². The summed E-state index contributed by atoms with van der Waals surface area (Å²) >= 11 is 3.59. The zero-order valence-corrected chi connectivity index (χ0v) is 14.5. The van der Waals surface area contributed by atoms with Crippen molar-refractivity contribution < 1.29 is 0 Å². The number of rotatable bonds is 7. The molecule has 1 fully saturated rings. The molecule has 0 saturated heterocycles. The van der Waals surface area contributed by atoms with Gasteiger partial charge in [-0.25, -0.2) is 0 Å². The molecule has 1 atom stereocenters. The van der Waals surface area contributed by atoms with E-state index in [4.69, 9.17) is 5.73 Å². The molecular formula is C17H27BrN2. The maximum Gasteiger partial charge on any atom is 0.0402 e. The van der Waals surface area contributed by atoms with Gasteiger partial charge in [0.25, 0.3) is 0 Å². The molecule has 1 saturated carbocycles. The number of nitrogens with zero attached hydrogens (tertiary/aromatic N) is 1. The topological polar surface area (TPSA) is 29.3 Å². The molecule has 2 rings (SSSR count). The van der Waals surface area contributed by atoms with E-state index in [1.54, 1.807) is 0 Å². The van der Waals surface area contributed by atoms with Crippen LogP contribution in [-0.2, 0) is 6.42 Å². The molecule has 1 unspecified atom stereocenters. The molecule has 0 spiro atoms. The fourth-order valence-electron chi connectivity index (χ4n) is 2.63. The Morgan fingerprint density at radius 2 is 2.00 bits per heavy atom. The smallest absolute Gasteiger partial charge is 0.0402 e. The summed E-state index contributed by atoms with van der Waals surface area (Å²) in [6.45, 7) is 7.85. The summed E-state index contributed by atoms with van der Waals surface area (Å²) in [6.07, 6.45) is 4.88. The van der Waals surface area contributed by atoms with Crippen LogP contribution in [0.3, 0.4) is 0 Å². The van der Waals surface area contributed by atoms with Gasteiger partial charge in [-0.15, -0.1) is 0 Å². The largest absolute Gasteiger partial charge is 0.368 e. The van der Waals surface area contributed by atoms with Crippen LogP contribution in [0.1, 0.15) is 45.6 Å². The lowest BCUT2D eigenvalue weighted by atomic mass is 10.0. The third kappa shape index (κ3) is 4.49. The van der Waals surface area contributed by atoms with Crippen molar-refractivity contribution in [1.29, 1.82) is 0 Å². The first kappa shape index (κ1) is 15.8. The minimum atomic E-state index is 0.203. The van der Waals surface area contributed by atoms with Gasteiger partial charge in [-0.1, -0.05) is 29.8 Å². The Bertz CT molecular complexity index is 439. The van der Waals surface area contributed by atoms with Crippen LogP contribution < -0.4 is 10.6 Å². The second-order valence-corrected chi connectivity index (χ2v) is 7.48. The van der Waals surface area contributed by atoms with Gasteiger partial charge in [0.1, 0.15) is 0 Å². The maximum absolute atomic E-state index is 6.02. The highest BCUT2D eigenvalue weighted by atomic mass is 79.9. The van der Waals surface area contributed by atoms with Crippen LogP contribution in [0.5, 0.6) is 0 Å². The van der Waals surface area contributed by atoms with E-state index in [0.29, 0.717) is 0 Å². The lowest BCUT2D eigenvalue weighted by Gasteiger charge is -2.28. The minimum absolute atomic E-state index is 0.203. The molecule has 3 heteroatoms. The van der Waals surface area contributed by atoms with Crippen LogP contribution in [0, 0.1) is 5.92 Å². The van der Waals surface area contributed by atoms with Gasteiger partial charge in [0, 0.05) is 28.8 Å². The third-order valence-corrected chi connectivity index (χ3v) is 4.32. The van der Waals surface area contributed by atoms with Gasteiger partial charge in [0.05, 0.1) is 0 Å². The van der Waals surface area contributed by atoms with Gasteiger partial charge < -0.3 is 10.6 Å². The molecule has 2 N–H and O–H groups in total. The van der Waals surface area contributed by atoms with E-state index in [1.807, 2.05) is 0 Å². The van der Waals surface area contributed by atoms with Gasteiger partial charge in [-0.05, 0) is 62.3 Å². The van der Waals surface area contributed by atoms with E-state index in [-0.39, 0.29) is 6.04 Å². The van der Waals surface area contributed by atoms with Crippen molar-refractivity contribution in [3.8, 4) is 0 Å². The highest BCUT2D eigenvalue weighted by Gasteiger charge is 2.30. The zero-order chi connectivity index (χ0) is 14.7. The fourth-order valence-corrected chi connectivity index (χ4v) is 3.04. The van der Waals surface area contributed by atoms with Crippen LogP contribution >= 0.6 is 15.9 Å². The average Bonchev–Trinajstić information content (AvgIpc) is 3.15. The zero-order valence-electron chi connectivity index (χ0n) is 12.9. The van der Waals surface area contributed by atoms with Crippen molar-refractivity contribution in [2.75, 3.05) is 11.4 Å². The average molecular weight is 339 g/mol. The molecule has 2 nitrogen and oxygen atoms in total. The van der Waals surface area contributed by atoms with Gasteiger partial charge in [0.15, 0.2) is 0 Å². The molecule has 20 heavy (non-hydrogen) atoms. The lowest BCUT2D eigenvalue weighted by molar-refractivity contribution is 0.569. The second kappa shape index (κ2) is 6.95. The van der Waals surface area contributed by atoms with E-state index in [2.05, 4.69) is 59.8 Å². The first-order chi connectivity index (χ1) is 9.47. The van der Waals surface area contributed by atoms with Crippen molar-refractivity contribution >= 4 is 21.6 Å². The van der Waals surface area contributed by atoms with Crippen LogP contribution in [0.25, 0.3) is 0 Å². The summed E-state index contributed by atoms with van der Waals surface area (Å²) < 4.78 is 1.15. The summed E-state index contributed by atoms with van der Waals surface area (Å²) in [6, 6.07) is 7.62. The highest BCUT2D eigenvalue weighted by molar-refractivity contribution is 9.10. The summed E-state index contributed by atoms with van der Waals surface area (Å²) in [4.78, 5) is 2.62. The fraction of sp³-hybridized carbons (Fsp3) is 0.647. The first-order valence-corrected chi connectivity index (χ1v) is 8.57. The summed E-state index contributed by atoms with van der Waals surface area (Å²) in [7, 11) is 0. The minimum Gasteiger partial charge on any atom is -0.368 e. The normalized spacial score (nSPS) is 16.5. The predicted octanol–water partition coefficient (Wildman–Crippen LogP) is 4.35. The quantitative estimate of drug-likeness (QED) is 0.800. The van der Waals surface area contributed by atoms with Crippen molar-refractivity contribution in [3.05, 3.63) is 28.2 Å². The number of benzene rings is 1. The maximum atomic E-state index is 6.02. The van der Waals surface area contributed by atoms with Crippen molar-refractivity contribution in [2.24, 2.45) is 11.7 Å². The molecule has 1 aromatic carbocycles. The Labute approximate surface area is 131 Å². The molecule has 0 aliphatic heterocycles. The van der Waals surface area contributed by atoms with Gasteiger partial charge >= 0.3 is 0 Å². The van der Waals surface area contributed by atoms with Crippen molar-refractivity contribution in [3.63, 3.8) is 0 Å². The summed E-state index contributed by atoms with van der Waals surface area (Å²) in [5.74, 6) is 0.753. The van der Waals surface area contributed by atoms with Crippen LogP contribution in [0.4, 0.5) is 5.69 Å². The first-order valence-electron chi connectivity index (χ1n) is 7.78. The molecular weight excluding hydrogens is 312 g/mol. The third-order valence-electron chi connectivity index (χ3n) is 3.83. The molecule has 1 aliphatic carbocycles. The predicted molar refractivity (Wildman–Crippen MR) is 91.3 cm³/mol. The SMILES string of the molecule is CC(C)CCN(c1ccc(Br)cc1CC(C)N)C1CC1. The number of hydrogen-bond acceptors (Lipinski definition) is 2. The van der Waals surface area contributed by atoms with Crippen molar-refractivity contribution in [2.45, 2.75) is 58.5 Å². The molecule has 0 amide bonds. The summed E-state index contributed by atoms with van der Waals surface area (Å²) in [5, 5.41) is 0. The van der Waals surface area contributed by atoms with Gasteiger partial charge in [-0.2, -0.15) is 0 Å². The Morgan fingerprint density at radius 1 is 1.30 bits per heavy atom. The standard InChI is InChI=1S/C17H27BrN2/c1-12(2)8-9-20(16-5-6-16)17-7-4-15(18)11-14(17)10-13(3)19/h4,7,11-13,16H,5-6,8-10,19H2,1-3H3. The van der Waals surface area contributed by atoms with E-state index in [1.165, 1.54) is 30.5 Å².